The van der Waals surface area contributed by atoms with Crippen LogP contribution in [0.5, 0.6) is 17.2 Å². The first kappa shape index (κ1) is 29.5. The first-order valence-electron chi connectivity index (χ1n) is 13.0. The number of ether oxygens (including phenoxy) is 3. The molecule has 1 aliphatic rings. The predicted molar refractivity (Wildman–Crippen MR) is 164 cm³/mol. The number of amidine groups is 1. The second kappa shape index (κ2) is 13.3. The summed E-state index contributed by atoms with van der Waals surface area (Å²) in [5, 5.41) is 9.61. The molecular formula is C31H34N4O5S. The Kier molecular flexibility index (Phi) is 9.57. The van der Waals surface area contributed by atoms with Crippen LogP contribution in [0.3, 0.4) is 0 Å². The number of anilines is 2. The van der Waals surface area contributed by atoms with Crippen LogP contribution in [0, 0.1) is 13.8 Å². The summed E-state index contributed by atoms with van der Waals surface area (Å²) < 4.78 is 16.6. The molecule has 0 spiro atoms. The van der Waals surface area contributed by atoms with E-state index in [2.05, 4.69) is 16.0 Å². The Bertz CT molecular complexity index is 1480. The van der Waals surface area contributed by atoms with Crippen molar-refractivity contribution in [1.82, 2.24) is 5.32 Å². The average Bonchev–Trinajstić information content (AvgIpc) is 2.97. The highest BCUT2D eigenvalue weighted by molar-refractivity contribution is 8.14. The number of thioether (sulfide) groups is 1. The van der Waals surface area contributed by atoms with Gasteiger partial charge in [0, 0.05) is 17.1 Å². The Balaban J connectivity index is 1.63. The summed E-state index contributed by atoms with van der Waals surface area (Å²) in [6, 6.07) is 17.9. The summed E-state index contributed by atoms with van der Waals surface area (Å²) in [6.07, 6.45) is 0. The molecule has 1 aliphatic heterocycles. The molecule has 3 aromatic rings. The van der Waals surface area contributed by atoms with Crippen molar-refractivity contribution in [2.45, 2.75) is 26.8 Å². The molecule has 0 fully saturated rings. The Hall–Kier alpha value is -4.44. The molecule has 1 atom stereocenters. The number of aryl methyl sites for hydroxylation is 2. The highest BCUT2D eigenvalue weighted by atomic mass is 32.2. The number of nitrogens with zero attached hydrogens (tertiary/aromatic N) is 1. The number of hydrogen-bond donors (Lipinski definition) is 3. The van der Waals surface area contributed by atoms with E-state index in [9.17, 15) is 9.59 Å². The Morgan fingerprint density at radius 1 is 0.854 bits per heavy atom. The number of rotatable bonds is 9. The number of para-hydroxylation sites is 1. The van der Waals surface area contributed by atoms with Crippen LogP contribution >= 0.6 is 11.8 Å². The van der Waals surface area contributed by atoms with Gasteiger partial charge in [0.1, 0.15) is 6.04 Å². The maximum absolute atomic E-state index is 13.6. The maximum Gasteiger partial charge on any atom is 0.255 e. The van der Waals surface area contributed by atoms with Crippen LogP contribution in [0.1, 0.15) is 29.7 Å². The molecule has 9 nitrogen and oxygen atoms in total. The van der Waals surface area contributed by atoms with Gasteiger partial charge >= 0.3 is 0 Å². The number of aliphatic imine (C=N–C) groups is 1. The molecule has 0 saturated heterocycles. The number of allylic oxidation sites excluding steroid dienone is 1. The Morgan fingerprint density at radius 3 is 2.15 bits per heavy atom. The molecule has 0 unspecified atom stereocenters. The minimum Gasteiger partial charge on any atom is -0.493 e. The lowest BCUT2D eigenvalue weighted by atomic mass is 9.95. The molecule has 3 N–H and O–H groups in total. The summed E-state index contributed by atoms with van der Waals surface area (Å²) >= 11 is 1.25. The highest BCUT2D eigenvalue weighted by Crippen LogP contribution is 2.43. The number of nitrogens with one attached hydrogen (secondary N) is 3. The van der Waals surface area contributed by atoms with Gasteiger partial charge in [0.2, 0.25) is 11.7 Å². The fourth-order valence-electron chi connectivity index (χ4n) is 4.39. The standard InChI is InChI=1S/C31H34N4O5S/c1-18-12-13-23(14-19(18)2)33-26(36)17-41-31-32-20(3)27(30(37)34-22-10-8-7-9-11-22)28(35-31)21-15-24(38-4)29(40-6)25(16-21)39-5/h7-16,28H,17H2,1-6H3,(H,32,35)(H,33,36)(H,34,37)/t28-/m1/s1. The fourth-order valence-corrected chi connectivity index (χ4v) is 5.13. The third-order valence-electron chi connectivity index (χ3n) is 6.63. The van der Waals surface area contributed by atoms with Crippen LogP contribution in [0.2, 0.25) is 0 Å². The van der Waals surface area contributed by atoms with Gasteiger partial charge in [0.05, 0.1) is 32.7 Å². The van der Waals surface area contributed by atoms with E-state index in [1.165, 1.54) is 33.1 Å². The van der Waals surface area contributed by atoms with E-state index in [0.29, 0.717) is 44.9 Å². The van der Waals surface area contributed by atoms with E-state index in [4.69, 9.17) is 19.2 Å². The van der Waals surface area contributed by atoms with Crippen LogP contribution in [0.25, 0.3) is 0 Å². The zero-order valence-electron chi connectivity index (χ0n) is 24.0. The van der Waals surface area contributed by atoms with Crippen molar-refractivity contribution in [3.05, 3.63) is 88.6 Å². The number of amides is 2. The number of hydrogen-bond acceptors (Lipinski definition) is 8. The molecule has 41 heavy (non-hydrogen) atoms. The minimum atomic E-state index is -0.709. The maximum atomic E-state index is 13.6. The molecule has 0 saturated carbocycles. The zero-order valence-corrected chi connectivity index (χ0v) is 24.8. The number of carbonyl (C=O) groups is 2. The summed E-state index contributed by atoms with van der Waals surface area (Å²) in [4.78, 5) is 31.2. The molecule has 4 rings (SSSR count). The topological polar surface area (TPSA) is 110 Å². The van der Waals surface area contributed by atoms with Gasteiger partial charge in [-0.25, -0.2) is 4.99 Å². The van der Waals surface area contributed by atoms with E-state index in [1.54, 1.807) is 12.1 Å². The Morgan fingerprint density at radius 2 is 1.54 bits per heavy atom. The zero-order chi connectivity index (χ0) is 29.5. The van der Waals surface area contributed by atoms with E-state index in [0.717, 1.165) is 16.8 Å². The van der Waals surface area contributed by atoms with Gasteiger partial charge in [0.25, 0.3) is 5.91 Å². The lowest BCUT2D eigenvalue weighted by molar-refractivity contribution is -0.114. The first-order valence-corrected chi connectivity index (χ1v) is 13.9. The monoisotopic (exact) mass is 574 g/mol. The normalized spacial score (nSPS) is 14.5. The smallest absolute Gasteiger partial charge is 0.255 e. The fraction of sp³-hybridized carbons (Fsp3) is 0.258. The van der Waals surface area contributed by atoms with Gasteiger partial charge in [-0.05, 0) is 73.9 Å². The second-order valence-electron chi connectivity index (χ2n) is 9.42. The second-order valence-corrected chi connectivity index (χ2v) is 10.4. The van der Waals surface area contributed by atoms with Crippen molar-refractivity contribution in [3.63, 3.8) is 0 Å². The predicted octanol–water partition coefficient (Wildman–Crippen LogP) is 5.61. The van der Waals surface area contributed by atoms with Crippen molar-refractivity contribution in [1.29, 1.82) is 0 Å². The molecule has 0 aliphatic carbocycles. The minimum absolute atomic E-state index is 0.125. The van der Waals surface area contributed by atoms with Crippen LogP contribution in [0.4, 0.5) is 11.4 Å². The summed E-state index contributed by atoms with van der Waals surface area (Å²) in [5.74, 6) is 0.974. The van der Waals surface area contributed by atoms with E-state index < -0.39 is 6.04 Å². The van der Waals surface area contributed by atoms with Crippen LogP contribution < -0.4 is 30.2 Å². The average molecular weight is 575 g/mol. The van der Waals surface area contributed by atoms with Crippen LogP contribution in [-0.4, -0.2) is 44.1 Å². The molecule has 0 radical (unpaired) electrons. The van der Waals surface area contributed by atoms with E-state index >= 15 is 0 Å². The number of methoxy groups -OCH3 is 3. The van der Waals surface area contributed by atoms with E-state index in [1.807, 2.05) is 69.3 Å². The van der Waals surface area contributed by atoms with Crippen molar-refractivity contribution >= 4 is 40.1 Å². The summed E-state index contributed by atoms with van der Waals surface area (Å²) in [7, 11) is 4.60. The molecular weight excluding hydrogens is 540 g/mol. The van der Waals surface area contributed by atoms with E-state index in [-0.39, 0.29) is 17.6 Å². The van der Waals surface area contributed by atoms with Crippen LogP contribution in [-0.2, 0) is 9.59 Å². The van der Waals surface area contributed by atoms with Gasteiger partial charge in [-0.1, -0.05) is 36.0 Å². The molecule has 10 heteroatoms. The molecule has 3 aromatic carbocycles. The molecule has 0 aromatic heterocycles. The highest BCUT2D eigenvalue weighted by Gasteiger charge is 2.31. The largest absolute Gasteiger partial charge is 0.493 e. The van der Waals surface area contributed by atoms with Crippen LogP contribution in [0.15, 0.2) is 76.9 Å². The third-order valence-corrected chi connectivity index (χ3v) is 7.52. The van der Waals surface area contributed by atoms with Crippen molar-refractivity contribution in [2.24, 2.45) is 4.99 Å². The Labute approximate surface area is 244 Å². The van der Waals surface area contributed by atoms with Crippen molar-refractivity contribution in [2.75, 3.05) is 37.7 Å². The molecule has 1 heterocycles. The van der Waals surface area contributed by atoms with Gasteiger partial charge in [-0.2, -0.15) is 0 Å². The summed E-state index contributed by atoms with van der Waals surface area (Å²) in [6.45, 7) is 5.85. The lowest BCUT2D eigenvalue weighted by Crippen LogP contribution is -2.32. The van der Waals surface area contributed by atoms with Gasteiger partial charge in [-0.3, -0.25) is 9.59 Å². The van der Waals surface area contributed by atoms with Gasteiger partial charge in [0.15, 0.2) is 16.7 Å². The third kappa shape index (κ3) is 7.01. The quantitative estimate of drug-likeness (QED) is 0.305. The van der Waals surface area contributed by atoms with Crippen molar-refractivity contribution < 1.29 is 23.8 Å². The number of carbonyl (C=O) groups excluding carboxylic acids is 2. The summed E-state index contributed by atoms with van der Waals surface area (Å²) in [5.41, 5.74) is 5.36. The van der Waals surface area contributed by atoms with Crippen molar-refractivity contribution in [3.8, 4) is 17.2 Å². The molecule has 2 amide bonds. The SMILES string of the molecule is COc1cc([C@H]2N=C(SCC(=O)Nc3ccc(C)c(C)c3)NC(C)=C2C(=O)Nc2ccccc2)cc(OC)c1OC. The van der Waals surface area contributed by atoms with Gasteiger partial charge in [-0.15, -0.1) is 0 Å². The molecule has 214 valence electrons. The van der Waals surface area contributed by atoms with Gasteiger partial charge < -0.3 is 30.2 Å². The lowest BCUT2D eigenvalue weighted by Gasteiger charge is -2.27. The number of benzene rings is 3. The first-order chi connectivity index (χ1) is 19.7. The molecule has 0 bridgehead atoms.